The molecule has 1 heterocycles. The van der Waals surface area contributed by atoms with Crippen molar-refractivity contribution in [2.24, 2.45) is 0 Å². The first-order chi connectivity index (χ1) is 11.5. The number of benzene rings is 1. The largest absolute Gasteiger partial charge is 0.467 e. The number of carbonyl (C=O) groups is 2. The predicted molar refractivity (Wildman–Crippen MR) is 98.8 cm³/mol. The number of nitrogens with zero attached hydrogens (tertiary/aromatic N) is 1. The Morgan fingerprint density at radius 3 is 2.71 bits per heavy atom. The summed E-state index contributed by atoms with van der Waals surface area (Å²) in [6, 6.07) is 6.56. The minimum atomic E-state index is -0.671. The summed E-state index contributed by atoms with van der Waals surface area (Å²) in [4.78, 5) is 28.4. The van der Waals surface area contributed by atoms with E-state index in [9.17, 15) is 9.59 Å². The molecule has 5 nitrogen and oxygen atoms in total. The fourth-order valence-corrected chi connectivity index (χ4v) is 3.37. The molecule has 8 heteroatoms. The summed E-state index contributed by atoms with van der Waals surface area (Å²) in [6.45, 7) is 0. The van der Waals surface area contributed by atoms with E-state index in [4.69, 9.17) is 16.3 Å². The Morgan fingerprint density at radius 2 is 2.08 bits per heavy atom. The molecule has 0 aliphatic rings. The molecule has 0 aliphatic carbocycles. The summed E-state index contributed by atoms with van der Waals surface area (Å²) in [6.07, 6.45) is 2.45. The Balaban J connectivity index is 2.09. The van der Waals surface area contributed by atoms with Gasteiger partial charge in [-0.05, 0) is 30.6 Å². The first-order valence-corrected chi connectivity index (χ1v) is 9.79. The normalized spacial score (nSPS) is 11.8. The summed E-state index contributed by atoms with van der Waals surface area (Å²) in [5.74, 6) is -0.0961. The SMILES string of the molecule is COC(=O)[C@H](CCSC)NC(=O)c1csc(-c2ccc(Cl)cc2)n1. The van der Waals surface area contributed by atoms with E-state index in [0.29, 0.717) is 11.4 Å². The molecule has 1 amide bonds. The highest BCUT2D eigenvalue weighted by Crippen LogP contribution is 2.25. The maximum atomic E-state index is 12.3. The standard InChI is InChI=1S/C16H17ClN2O3S2/c1-22-16(21)12(7-8-23-2)18-14(20)13-9-24-15(19-13)10-3-5-11(17)6-4-10/h3-6,9,12H,7-8H2,1-2H3,(H,18,20)/t12-/m0/s1. The van der Waals surface area contributed by atoms with Gasteiger partial charge in [-0.1, -0.05) is 23.7 Å². The topological polar surface area (TPSA) is 68.3 Å². The van der Waals surface area contributed by atoms with Gasteiger partial charge in [0, 0.05) is 16.0 Å². The van der Waals surface area contributed by atoms with Crippen molar-refractivity contribution in [3.05, 3.63) is 40.4 Å². The average molecular weight is 385 g/mol. The summed E-state index contributed by atoms with van der Waals surface area (Å²) < 4.78 is 4.74. The second kappa shape index (κ2) is 9.05. The van der Waals surface area contributed by atoms with Crippen molar-refractivity contribution >= 4 is 46.6 Å². The third-order valence-electron chi connectivity index (χ3n) is 3.23. The van der Waals surface area contributed by atoms with Gasteiger partial charge in [0.25, 0.3) is 5.91 Å². The molecular weight excluding hydrogens is 368 g/mol. The van der Waals surface area contributed by atoms with Gasteiger partial charge in [0.2, 0.25) is 0 Å². The summed E-state index contributed by atoms with van der Waals surface area (Å²) >= 11 is 8.83. The molecule has 1 N–H and O–H groups in total. The van der Waals surface area contributed by atoms with Crippen LogP contribution >= 0.6 is 34.7 Å². The van der Waals surface area contributed by atoms with Crippen LogP contribution < -0.4 is 5.32 Å². The van der Waals surface area contributed by atoms with Crippen LogP contribution in [0.25, 0.3) is 10.6 Å². The zero-order valence-corrected chi connectivity index (χ0v) is 15.6. The van der Waals surface area contributed by atoms with Crippen LogP contribution in [-0.4, -0.2) is 42.0 Å². The van der Waals surface area contributed by atoms with Gasteiger partial charge in [-0.15, -0.1) is 11.3 Å². The number of nitrogens with one attached hydrogen (secondary N) is 1. The van der Waals surface area contributed by atoms with Gasteiger partial charge < -0.3 is 10.1 Å². The third-order valence-corrected chi connectivity index (χ3v) is 5.02. The van der Waals surface area contributed by atoms with E-state index in [1.165, 1.54) is 18.4 Å². The molecule has 0 spiro atoms. The molecule has 0 fully saturated rings. The zero-order chi connectivity index (χ0) is 17.5. The molecule has 1 aromatic carbocycles. The third kappa shape index (κ3) is 4.96. The Kier molecular flexibility index (Phi) is 7.08. The number of thioether (sulfide) groups is 1. The Hall–Kier alpha value is -1.57. The van der Waals surface area contributed by atoms with Crippen molar-refractivity contribution in [1.29, 1.82) is 0 Å². The minimum absolute atomic E-state index is 0.281. The number of rotatable bonds is 7. The van der Waals surface area contributed by atoms with Crippen molar-refractivity contribution in [2.75, 3.05) is 19.1 Å². The predicted octanol–water partition coefficient (Wildman–Crippen LogP) is 3.49. The monoisotopic (exact) mass is 384 g/mol. The minimum Gasteiger partial charge on any atom is -0.467 e. The number of hydrogen-bond donors (Lipinski definition) is 1. The number of hydrogen-bond acceptors (Lipinski definition) is 6. The van der Waals surface area contributed by atoms with Crippen molar-refractivity contribution in [1.82, 2.24) is 10.3 Å². The van der Waals surface area contributed by atoms with E-state index in [1.807, 2.05) is 18.4 Å². The van der Waals surface area contributed by atoms with Crippen molar-refractivity contribution in [3.63, 3.8) is 0 Å². The number of esters is 1. The molecule has 2 aromatic rings. The molecule has 1 atom stereocenters. The number of halogens is 1. The van der Waals surface area contributed by atoms with E-state index in [0.717, 1.165) is 16.3 Å². The highest BCUT2D eigenvalue weighted by Gasteiger charge is 2.23. The zero-order valence-electron chi connectivity index (χ0n) is 13.2. The molecule has 0 saturated heterocycles. The average Bonchev–Trinajstić information content (AvgIpc) is 3.08. The van der Waals surface area contributed by atoms with Crippen LogP contribution in [0, 0.1) is 0 Å². The lowest BCUT2D eigenvalue weighted by Crippen LogP contribution is -2.42. The van der Waals surface area contributed by atoms with Gasteiger partial charge in [0.1, 0.15) is 16.7 Å². The van der Waals surface area contributed by atoms with E-state index < -0.39 is 12.0 Å². The van der Waals surface area contributed by atoms with Crippen molar-refractivity contribution in [3.8, 4) is 10.6 Å². The first-order valence-electron chi connectivity index (χ1n) is 7.14. The Morgan fingerprint density at radius 1 is 1.38 bits per heavy atom. The van der Waals surface area contributed by atoms with Crippen LogP contribution in [0.1, 0.15) is 16.9 Å². The molecule has 0 radical (unpaired) electrons. The van der Waals surface area contributed by atoms with Crippen LogP contribution in [-0.2, 0) is 9.53 Å². The molecule has 0 saturated carbocycles. The lowest BCUT2D eigenvalue weighted by molar-refractivity contribution is -0.142. The van der Waals surface area contributed by atoms with Crippen molar-refractivity contribution in [2.45, 2.75) is 12.5 Å². The second-order valence-electron chi connectivity index (χ2n) is 4.88. The van der Waals surface area contributed by atoms with Gasteiger partial charge in [-0.25, -0.2) is 9.78 Å². The molecule has 128 valence electrons. The van der Waals surface area contributed by atoms with Crippen LogP contribution in [0.5, 0.6) is 0 Å². The number of aromatic nitrogens is 1. The van der Waals surface area contributed by atoms with Gasteiger partial charge >= 0.3 is 5.97 Å². The molecular formula is C16H17ClN2O3S2. The molecule has 0 bridgehead atoms. The quantitative estimate of drug-likeness (QED) is 0.740. The lowest BCUT2D eigenvalue weighted by Gasteiger charge is -2.15. The van der Waals surface area contributed by atoms with E-state index in [1.54, 1.807) is 29.3 Å². The summed E-state index contributed by atoms with van der Waals surface area (Å²) in [5.41, 5.74) is 1.17. The van der Waals surface area contributed by atoms with Crippen LogP contribution in [0.2, 0.25) is 5.02 Å². The van der Waals surface area contributed by atoms with Crippen LogP contribution in [0.15, 0.2) is 29.6 Å². The van der Waals surface area contributed by atoms with Gasteiger partial charge in [-0.2, -0.15) is 11.8 Å². The first kappa shape index (κ1) is 18.8. The fourth-order valence-electron chi connectivity index (χ4n) is 1.96. The lowest BCUT2D eigenvalue weighted by atomic mass is 10.2. The fraction of sp³-hybridized carbons (Fsp3) is 0.312. The van der Waals surface area contributed by atoms with E-state index in [-0.39, 0.29) is 11.6 Å². The highest BCUT2D eigenvalue weighted by atomic mass is 35.5. The van der Waals surface area contributed by atoms with Crippen LogP contribution in [0.3, 0.4) is 0 Å². The number of thiazole rings is 1. The molecule has 0 unspecified atom stereocenters. The van der Waals surface area contributed by atoms with E-state index in [2.05, 4.69) is 10.3 Å². The number of amides is 1. The molecule has 2 rings (SSSR count). The second-order valence-corrected chi connectivity index (χ2v) is 7.16. The van der Waals surface area contributed by atoms with E-state index >= 15 is 0 Å². The number of carbonyl (C=O) groups excluding carboxylic acids is 2. The Bertz CT molecular complexity index is 704. The number of methoxy groups -OCH3 is 1. The van der Waals surface area contributed by atoms with Gasteiger partial charge in [-0.3, -0.25) is 4.79 Å². The Labute approximate surface area is 153 Å². The maximum Gasteiger partial charge on any atom is 0.328 e. The van der Waals surface area contributed by atoms with Gasteiger partial charge in [0.15, 0.2) is 0 Å². The van der Waals surface area contributed by atoms with Crippen LogP contribution in [0.4, 0.5) is 0 Å². The summed E-state index contributed by atoms with van der Waals surface area (Å²) in [5, 5.41) is 5.72. The summed E-state index contributed by atoms with van der Waals surface area (Å²) in [7, 11) is 1.31. The van der Waals surface area contributed by atoms with Gasteiger partial charge in [0.05, 0.1) is 7.11 Å². The maximum absolute atomic E-state index is 12.3. The molecule has 1 aromatic heterocycles. The smallest absolute Gasteiger partial charge is 0.328 e. The molecule has 0 aliphatic heterocycles. The molecule has 24 heavy (non-hydrogen) atoms. The highest BCUT2D eigenvalue weighted by molar-refractivity contribution is 7.98. The number of ether oxygens (including phenoxy) is 1. The van der Waals surface area contributed by atoms with Crippen molar-refractivity contribution < 1.29 is 14.3 Å².